The normalized spacial score (nSPS) is 15.9. The number of rotatable bonds is 8. The summed E-state index contributed by atoms with van der Waals surface area (Å²) in [5, 5.41) is 15.7. The topological polar surface area (TPSA) is 62.8 Å². The Hall–Kier alpha value is -2.56. The van der Waals surface area contributed by atoms with E-state index in [1.165, 1.54) is 20.1 Å². The first-order valence-corrected chi connectivity index (χ1v) is 10.3. The summed E-state index contributed by atoms with van der Waals surface area (Å²) in [6.45, 7) is 0.544. The van der Waals surface area contributed by atoms with Crippen molar-refractivity contribution < 1.29 is 36.5 Å². The number of anilines is 2. The Labute approximate surface area is 192 Å². The Bertz CT molecular complexity index is 1050. The highest BCUT2D eigenvalue weighted by atomic mass is 35.5. The molecular formula is C22H22ClF5N2O3. The first-order valence-electron chi connectivity index (χ1n) is 9.92. The molecule has 1 heterocycles. The summed E-state index contributed by atoms with van der Waals surface area (Å²) in [4.78, 5) is 0. The zero-order valence-corrected chi connectivity index (χ0v) is 18.5. The van der Waals surface area contributed by atoms with Gasteiger partial charge in [0.2, 0.25) is 5.60 Å². The van der Waals surface area contributed by atoms with Crippen molar-refractivity contribution in [2.45, 2.75) is 24.7 Å². The lowest BCUT2D eigenvalue weighted by atomic mass is 9.87. The van der Waals surface area contributed by atoms with Crippen LogP contribution in [0.15, 0.2) is 30.3 Å². The van der Waals surface area contributed by atoms with Crippen LogP contribution in [0.1, 0.15) is 24.1 Å². The third-order valence-electron chi connectivity index (χ3n) is 5.24. The summed E-state index contributed by atoms with van der Waals surface area (Å²) in [6.07, 6.45) is -1.95. The Balaban J connectivity index is 2.22. The minimum absolute atomic E-state index is 0.0649. The molecule has 0 aliphatic carbocycles. The number of ether oxygens (including phenoxy) is 2. The zero-order chi connectivity index (χ0) is 24.4. The van der Waals surface area contributed by atoms with Crippen LogP contribution < -0.4 is 15.4 Å². The third-order valence-corrected chi connectivity index (χ3v) is 5.63. The number of alkyl halides is 3. The molecule has 2 aromatic rings. The number of fused-ring (bicyclic) bond motifs is 1. The molecule has 0 amide bonds. The van der Waals surface area contributed by atoms with Gasteiger partial charge in [-0.15, -0.1) is 0 Å². The van der Waals surface area contributed by atoms with Crippen LogP contribution in [0.4, 0.5) is 33.3 Å². The monoisotopic (exact) mass is 492 g/mol. The highest BCUT2D eigenvalue weighted by molar-refractivity contribution is 6.31. The van der Waals surface area contributed by atoms with Crippen LogP contribution in [-0.4, -0.2) is 43.8 Å². The first kappa shape index (κ1) is 25.1. The average Bonchev–Trinajstić information content (AvgIpc) is 2.77. The molecule has 1 aliphatic heterocycles. The van der Waals surface area contributed by atoms with Gasteiger partial charge in [-0.05, 0) is 30.7 Å². The van der Waals surface area contributed by atoms with Crippen molar-refractivity contribution in [3.63, 3.8) is 0 Å². The maximum absolute atomic E-state index is 14.7. The van der Waals surface area contributed by atoms with Gasteiger partial charge in [0.15, 0.2) is 11.6 Å². The van der Waals surface area contributed by atoms with Crippen molar-refractivity contribution in [2.24, 2.45) is 0 Å². The van der Waals surface area contributed by atoms with Crippen molar-refractivity contribution in [1.29, 1.82) is 0 Å². The molecule has 33 heavy (non-hydrogen) atoms. The van der Waals surface area contributed by atoms with E-state index in [2.05, 4.69) is 10.6 Å². The zero-order valence-electron chi connectivity index (χ0n) is 17.7. The molecule has 0 aromatic heterocycles. The van der Waals surface area contributed by atoms with Crippen LogP contribution >= 0.6 is 11.6 Å². The van der Waals surface area contributed by atoms with Crippen molar-refractivity contribution in [2.75, 3.05) is 37.5 Å². The van der Waals surface area contributed by atoms with Crippen LogP contribution in [0.3, 0.4) is 0 Å². The number of benzene rings is 2. The van der Waals surface area contributed by atoms with Crippen LogP contribution in [0, 0.1) is 11.6 Å². The molecule has 5 nitrogen and oxygen atoms in total. The van der Waals surface area contributed by atoms with E-state index in [1.54, 1.807) is 12.2 Å². The lowest BCUT2D eigenvalue weighted by molar-refractivity contribution is -0.281. The Kier molecular flexibility index (Phi) is 7.40. The highest BCUT2D eigenvalue weighted by Gasteiger charge is 2.60. The second-order valence-electron chi connectivity index (χ2n) is 7.32. The predicted molar refractivity (Wildman–Crippen MR) is 116 cm³/mol. The second kappa shape index (κ2) is 9.74. The molecule has 0 saturated heterocycles. The van der Waals surface area contributed by atoms with Crippen LogP contribution in [0.5, 0.6) is 5.75 Å². The summed E-state index contributed by atoms with van der Waals surface area (Å²) in [5.74, 6) is -2.13. The fraction of sp³-hybridized carbons (Fsp3) is 0.364. The molecular weight excluding hydrogens is 471 g/mol. The number of hydrogen-bond acceptors (Lipinski definition) is 5. The molecule has 2 atom stereocenters. The largest absolute Gasteiger partial charge is 0.494 e. The van der Waals surface area contributed by atoms with Crippen molar-refractivity contribution in [3.05, 3.63) is 58.1 Å². The van der Waals surface area contributed by atoms with E-state index in [1.807, 2.05) is 0 Å². The SMILES string of the molecule is CCOCC(O)(C(Nc1cc(F)cc2c1C=CCN2)c1ccc(OC)c(F)c1Cl)C(F)(F)F. The molecule has 3 rings (SSSR count). The van der Waals surface area contributed by atoms with E-state index in [-0.39, 0.29) is 18.0 Å². The van der Waals surface area contributed by atoms with Crippen molar-refractivity contribution >= 4 is 29.1 Å². The van der Waals surface area contributed by atoms with Gasteiger partial charge in [-0.25, -0.2) is 8.78 Å². The summed E-state index contributed by atoms with van der Waals surface area (Å²) in [7, 11) is 1.17. The molecule has 0 radical (unpaired) electrons. The average molecular weight is 493 g/mol. The van der Waals surface area contributed by atoms with E-state index in [9.17, 15) is 27.1 Å². The fourth-order valence-electron chi connectivity index (χ4n) is 3.53. The smallest absolute Gasteiger partial charge is 0.421 e. The van der Waals surface area contributed by atoms with Gasteiger partial charge in [-0.2, -0.15) is 13.2 Å². The molecule has 180 valence electrons. The molecule has 0 bridgehead atoms. The van der Waals surface area contributed by atoms with Crippen LogP contribution in [0.25, 0.3) is 6.08 Å². The lowest BCUT2D eigenvalue weighted by Gasteiger charge is -2.39. The number of nitrogens with one attached hydrogen (secondary N) is 2. The Morgan fingerprint density at radius 2 is 1.97 bits per heavy atom. The minimum Gasteiger partial charge on any atom is -0.494 e. The van der Waals surface area contributed by atoms with E-state index < -0.39 is 46.6 Å². The summed E-state index contributed by atoms with van der Waals surface area (Å²) in [6, 6.07) is 2.29. The second-order valence-corrected chi connectivity index (χ2v) is 7.70. The van der Waals surface area contributed by atoms with Crippen molar-refractivity contribution in [1.82, 2.24) is 0 Å². The van der Waals surface area contributed by atoms with E-state index in [4.69, 9.17) is 21.1 Å². The van der Waals surface area contributed by atoms with Gasteiger partial charge in [-0.1, -0.05) is 29.8 Å². The number of methoxy groups -OCH3 is 1. The molecule has 11 heteroatoms. The van der Waals surface area contributed by atoms with Crippen LogP contribution in [0.2, 0.25) is 5.02 Å². The highest BCUT2D eigenvalue weighted by Crippen LogP contribution is 2.46. The molecule has 2 unspecified atom stereocenters. The first-order chi connectivity index (χ1) is 15.5. The van der Waals surface area contributed by atoms with Gasteiger partial charge in [0, 0.05) is 30.1 Å². The van der Waals surface area contributed by atoms with Crippen molar-refractivity contribution in [3.8, 4) is 5.75 Å². The van der Waals surface area contributed by atoms with Gasteiger partial charge in [0.05, 0.1) is 24.8 Å². The van der Waals surface area contributed by atoms with Crippen LogP contribution in [-0.2, 0) is 4.74 Å². The standard InChI is InChI=1S/C22H22ClF5N2O3/c1-3-33-11-21(31,22(26,27)28)20(14-6-7-17(32-2)19(25)18(14)23)30-16-10-12(24)9-15-13(16)5-4-8-29-15/h4-7,9-10,20,29-31H,3,8,11H2,1-2H3. The van der Waals surface area contributed by atoms with E-state index in [0.29, 0.717) is 17.8 Å². The van der Waals surface area contributed by atoms with E-state index >= 15 is 0 Å². The minimum atomic E-state index is -5.24. The Morgan fingerprint density at radius 3 is 2.61 bits per heavy atom. The molecule has 0 spiro atoms. The molecule has 0 fully saturated rings. The maximum atomic E-state index is 14.7. The number of aliphatic hydroxyl groups is 1. The quantitative estimate of drug-likeness (QED) is 0.422. The van der Waals surface area contributed by atoms with Gasteiger partial charge in [0.1, 0.15) is 5.82 Å². The van der Waals surface area contributed by atoms with E-state index in [0.717, 1.165) is 18.2 Å². The van der Waals surface area contributed by atoms with Gasteiger partial charge >= 0.3 is 6.18 Å². The maximum Gasteiger partial charge on any atom is 0.421 e. The number of hydrogen-bond donors (Lipinski definition) is 3. The van der Waals surface area contributed by atoms with Gasteiger partial charge in [0.25, 0.3) is 0 Å². The lowest BCUT2D eigenvalue weighted by Crippen LogP contribution is -2.56. The summed E-state index contributed by atoms with van der Waals surface area (Å²) in [5.41, 5.74) is -3.34. The number of halogens is 6. The molecule has 2 aromatic carbocycles. The predicted octanol–water partition coefficient (Wildman–Crippen LogP) is 5.55. The molecule has 0 saturated carbocycles. The fourth-order valence-corrected chi connectivity index (χ4v) is 3.80. The summed E-state index contributed by atoms with van der Waals surface area (Å²) >= 11 is 6.09. The molecule has 1 aliphatic rings. The molecule has 3 N–H and O–H groups in total. The Morgan fingerprint density at radius 1 is 1.24 bits per heavy atom. The summed E-state index contributed by atoms with van der Waals surface area (Å²) < 4.78 is 81.4. The third kappa shape index (κ3) is 4.87. The van der Waals surface area contributed by atoms with Gasteiger partial charge in [-0.3, -0.25) is 0 Å². The van der Waals surface area contributed by atoms with Gasteiger partial charge < -0.3 is 25.2 Å².